The second-order valence-corrected chi connectivity index (χ2v) is 6.32. The van der Waals surface area contributed by atoms with Crippen molar-refractivity contribution in [2.75, 3.05) is 0 Å². The third-order valence-electron chi connectivity index (χ3n) is 4.17. The van der Waals surface area contributed by atoms with Crippen molar-refractivity contribution < 1.29 is 22.7 Å². The highest BCUT2D eigenvalue weighted by atomic mass is 19.4. The van der Waals surface area contributed by atoms with Crippen molar-refractivity contribution in [1.82, 2.24) is 20.1 Å². The molecule has 10 heteroatoms. The number of rotatable bonds is 6. The number of nitrogens with one attached hydrogen (secondary N) is 1. The topological polar surface area (TPSA) is 86.1 Å². The minimum atomic E-state index is -4.77. The van der Waals surface area contributed by atoms with Crippen LogP contribution in [0.3, 0.4) is 0 Å². The molecule has 0 aliphatic rings. The summed E-state index contributed by atoms with van der Waals surface area (Å²) in [6.45, 7) is 1.59. The maximum absolute atomic E-state index is 12.5. The number of carbonyl (C=O) groups is 1. The number of amides is 1. The Morgan fingerprint density at radius 2 is 1.77 bits per heavy atom. The molecule has 0 saturated heterocycles. The van der Waals surface area contributed by atoms with E-state index in [2.05, 4.69) is 20.1 Å². The van der Waals surface area contributed by atoms with Crippen LogP contribution in [0.4, 0.5) is 13.2 Å². The number of nitrogens with zero attached hydrogens (tertiary/aromatic N) is 3. The SMILES string of the molecule is CC(C(=O)NCc1ccc(OC(F)(F)F)cc1)n1nc(-c2ccncc2)ccc1=O. The normalized spacial score (nSPS) is 12.3. The summed E-state index contributed by atoms with van der Waals surface area (Å²) < 4.78 is 41.5. The zero-order valence-electron chi connectivity index (χ0n) is 15.8. The molecule has 30 heavy (non-hydrogen) atoms. The third kappa shape index (κ3) is 5.43. The van der Waals surface area contributed by atoms with E-state index in [1.54, 1.807) is 30.6 Å². The van der Waals surface area contributed by atoms with E-state index in [0.717, 1.165) is 22.4 Å². The molecule has 1 N–H and O–H groups in total. The van der Waals surface area contributed by atoms with Gasteiger partial charge in [0.2, 0.25) is 5.91 Å². The molecule has 0 saturated carbocycles. The van der Waals surface area contributed by atoms with Gasteiger partial charge in [-0.25, -0.2) is 4.68 Å². The quantitative estimate of drug-likeness (QED) is 0.665. The Labute approximate surface area is 169 Å². The van der Waals surface area contributed by atoms with Gasteiger partial charge in [-0.15, -0.1) is 13.2 Å². The molecular weight excluding hydrogens is 401 g/mol. The van der Waals surface area contributed by atoms with Gasteiger partial charge in [0.15, 0.2) is 0 Å². The van der Waals surface area contributed by atoms with Gasteiger partial charge in [0.25, 0.3) is 5.56 Å². The summed E-state index contributed by atoms with van der Waals surface area (Å²) in [7, 11) is 0. The Morgan fingerprint density at radius 1 is 1.10 bits per heavy atom. The van der Waals surface area contributed by atoms with Crippen molar-refractivity contribution in [1.29, 1.82) is 0 Å². The molecule has 0 bridgehead atoms. The van der Waals surface area contributed by atoms with Gasteiger partial charge in [0, 0.05) is 30.6 Å². The molecular formula is C20H17F3N4O3. The van der Waals surface area contributed by atoms with Crippen molar-refractivity contribution in [3.8, 4) is 17.0 Å². The standard InChI is InChI=1S/C20H17F3N4O3/c1-13(27-18(28)7-6-17(26-27)15-8-10-24-11-9-15)19(29)25-12-14-2-4-16(5-3-14)30-20(21,22)23/h2-11,13H,12H2,1H3,(H,25,29). The predicted molar refractivity (Wildman–Crippen MR) is 101 cm³/mol. The van der Waals surface area contributed by atoms with Gasteiger partial charge >= 0.3 is 6.36 Å². The second kappa shape index (κ2) is 8.76. The highest BCUT2D eigenvalue weighted by Crippen LogP contribution is 2.22. The average Bonchev–Trinajstić information content (AvgIpc) is 2.72. The first kappa shape index (κ1) is 21.0. The maximum Gasteiger partial charge on any atom is 0.573 e. The lowest BCUT2D eigenvalue weighted by Crippen LogP contribution is -2.36. The Bertz CT molecular complexity index is 1070. The molecule has 7 nitrogen and oxygen atoms in total. The minimum Gasteiger partial charge on any atom is -0.406 e. The summed E-state index contributed by atoms with van der Waals surface area (Å²) in [5, 5.41) is 6.90. The Kier molecular flexibility index (Phi) is 6.14. The number of pyridine rings is 1. The number of carbonyl (C=O) groups excluding carboxylic acids is 1. The van der Waals surface area contributed by atoms with Crippen molar-refractivity contribution in [3.05, 3.63) is 76.8 Å². The summed E-state index contributed by atoms with van der Waals surface area (Å²) in [6.07, 6.45) is -1.59. The first-order valence-electron chi connectivity index (χ1n) is 8.85. The smallest absolute Gasteiger partial charge is 0.406 e. The molecule has 1 amide bonds. The number of hydrogen-bond donors (Lipinski definition) is 1. The number of hydrogen-bond acceptors (Lipinski definition) is 5. The molecule has 1 aromatic carbocycles. The number of ether oxygens (including phenoxy) is 1. The molecule has 0 radical (unpaired) electrons. The lowest BCUT2D eigenvalue weighted by Gasteiger charge is -2.15. The van der Waals surface area contributed by atoms with Crippen LogP contribution in [-0.2, 0) is 11.3 Å². The largest absolute Gasteiger partial charge is 0.573 e. The Hall–Kier alpha value is -3.69. The summed E-state index contributed by atoms with van der Waals surface area (Å²) in [4.78, 5) is 28.6. The first-order valence-corrected chi connectivity index (χ1v) is 8.85. The lowest BCUT2D eigenvalue weighted by molar-refractivity contribution is -0.274. The van der Waals surface area contributed by atoms with Crippen LogP contribution in [0.25, 0.3) is 11.3 Å². The van der Waals surface area contributed by atoms with Gasteiger partial charge in [-0.2, -0.15) is 5.10 Å². The summed E-state index contributed by atoms with van der Waals surface area (Å²) >= 11 is 0. The number of alkyl halides is 3. The van der Waals surface area contributed by atoms with E-state index >= 15 is 0 Å². The maximum atomic E-state index is 12.5. The van der Waals surface area contributed by atoms with Crippen molar-refractivity contribution >= 4 is 5.91 Å². The van der Waals surface area contributed by atoms with Crippen molar-refractivity contribution in [3.63, 3.8) is 0 Å². The van der Waals surface area contributed by atoms with Gasteiger partial charge in [0.05, 0.1) is 5.69 Å². The van der Waals surface area contributed by atoms with E-state index < -0.39 is 23.9 Å². The van der Waals surface area contributed by atoms with Crippen LogP contribution in [0, 0.1) is 0 Å². The molecule has 1 unspecified atom stereocenters. The van der Waals surface area contributed by atoms with E-state index in [1.807, 2.05) is 0 Å². The number of benzene rings is 1. The second-order valence-electron chi connectivity index (χ2n) is 6.32. The third-order valence-corrected chi connectivity index (χ3v) is 4.17. The average molecular weight is 418 g/mol. The highest BCUT2D eigenvalue weighted by molar-refractivity contribution is 5.79. The van der Waals surface area contributed by atoms with Crippen molar-refractivity contribution in [2.45, 2.75) is 25.9 Å². The van der Waals surface area contributed by atoms with Crippen LogP contribution in [-0.4, -0.2) is 27.0 Å². The molecule has 0 aliphatic heterocycles. The van der Waals surface area contributed by atoms with Crippen LogP contribution in [0.1, 0.15) is 18.5 Å². The van der Waals surface area contributed by atoms with E-state index in [-0.39, 0.29) is 12.3 Å². The zero-order chi connectivity index (χ0) is 21.7. The first-order chi connectivity index (χ1) is 14.2. The molecule has 2 aromatic heterocycles. The minimum absolute atomic E-state index is 0.0638. The van der Waals surface area contributed by atoms with Gasteiger partial charge in [-0.1, -0.05) is 12.1 Å². The van der Waals surface area contributed by atoms with Gasteiger partial charge in [-0.3, -0.25) is 14.6 Å². The molecule has 3 rings (SSSR count). The van der Waals surface area contributed by atoms with Crippen LogP contribution in [0.2, 0.25) is 0 Å². The fourth-order valence-corrected chi connectivity index (χ4v) is 2.64. The summed E-state index contributed by atoms with van der Waals surface area (Å²) in [6, 6.07) is 10.6. The summed E-state index contributed by atoms with van der Waals surface area (Å²) in [5.74, 6) is -0.818. The molecule has 0 aliphatic carbocycles. The van der Waals surface area contributed by atoms with E-state index in [4.69, 9.17) is 0 Å². The van der Waals surface area contributed by atoms with Gasteiger partial charge < -0.3 is 10.1 Å². The summed E-state index contributed by atoms with van der Waals surface area (Å²) in [5.41, 5.74) is 1.38. The van der Waals surface area contributed by atoms with Crippen LogP contribution in [0.5, 0.6) is 5.75 Å². The monoisotopic (exact) mass is 418 g/mol. The van der Waals surface area contributed by atoms with E-state index in [9.17, 15) is 22.8 Å². The molecule has 156 valence electrons. The fourth-order valence-electron chi connectivity index (χ4n) is 2.64. The molecule has 0 fully saturated rings. The van der Waals surface area contributed by atoms with Crippen LogP contribution in [0.15, 0.2) is 65.7 Å². The molecule has 3 aromatic rings. The van der Waals surface area contributed by atoms with Crippen LogP contribution >= 0.6 is 0 Å². The molecule has 1 atom stereocenters. The number of halogens is 3. The van der Waals surface area contributed by atoms with Gasteiger partial charge in [0.1, 0.15) is 11.8 Å². The Morgan fingerprint density at radius 3 is 2.40 bits per heavy atom. The highest BCUT2D eigenvalue weighted by Gasteiger charge is 2.31. The Balaban J connectivity index is 1.67. The number of aromatic nitrogens is 3. The van der Waals surface area contributed by atoms with E-state index in [0.29, 0.717) is 11.3 Å². The molecule has 2 heterocycles. The molecule has 0 spiro atoms. The van der Waals surface area contributed by atoms with Gasteiger partial charge in [-0.05, 0) is 42.8 Å². The van der Waals surface area contributed by atoms with Crippen molar-refractivity contribution in [2.24, 2.45) is 0 Å². The van der Waals surface area contributed by atoms with Crippen LogP contribution < -0.4 is 15.6 Å². The lowest BCUT2D eigenvalue weighted by atomic mass is 10.2. The van der Waals surface area contributed by atoms with E-state index in [1.165, 1.54) is 25.1 Å². The fraction of sp³-hybridized carbons (Fsp3) is 0.200. The zero-order valence-corrected chi connectivity index (χ0v) is 15.8. The predicted octanol–water partition coefficient (Wildman–Crippen LogP) is 3.08.